The molecule has 35 heavy (non-hydrogen) atoms. The molecule has 1 saturated carbocycles. The van der Waals surface area contributed by atoms with Gasteiger partial charge in [-0.3, -0.25) is 4.79 Å². The molecule has 0 heterocycles. The molecule has 0 radical (unpaired) electrons. The number of methoxy groups -OCH3 is 1. The molecule has 0 aromatic rings. The third-order valence-corrected chi connectivity index (χ3v) is 18.0. The Labute approximate surface area is 218 Å². The topological polar surface area (TPSA) is 61.8 Å². The van der Waals surface area contributed by atoms with E-state index in [0.717, 1.165) is 51.2 Å². The molecule has 0 amide bonds. The van der Waals surface area contributed by atoms with E-state index in [-0.39, 0.29) is 28.3 Å². The maximum absolute atomic E-state index is 11.4. The second-order valence-electron chi connectivity index (χ2n) is 13.7. The van der Waals surface area contributed by atoms with E-state index < -0.39 is 16.6 Å². The molecule has 206 valence electrons. The molecule has 1 rings (SSSR count). The number of esters is 1. The highest BCUT2D eigenvalue weighted by Crippen LogP contribution is 2.48. The molecule has 4 atom stereocenters. The minimum atomic E-state index is -1.95. The van der Waals surface area contributed by atoms with Gasteiger partial charge in [0, 0.05) is 12.8 Å². The lowest BCUT2D eigenvalue weighted by Crippen LogP contribution is -2.45. The van der Waals surface area contributed by atoms with Crippen molar-refractivity contribution in [2.45, 2.75) is 148 Å². The second-order valence-corrected chi connectivity index (χ2v) is 23.2. The number of hydrogen-bond donors (Lipinski definition) is 0. The summed E-state index contributed by atoms with van der Waals surface area (Å²) >= 11 is 0. The Morgan fingerprint density at radius 1 is 0.800 bits per heavy atom. The van der Waals surface area contributed by atoms with E-state index in [1.807, 2.05) is 0 Å². The molecule has 1 fully saturated rings. The number of unbranched alkanes of at least 4 members (excludes halogenated alkanes) is 3. The summed E-state index contributed by atoms with van der Waals surface area (Å²) < 4.78 is 18.9. The molecule has 7 heteroatoms. The van der Waals surface area contributed by atoms with Crippen LogP contribution in [0, 0.1) is 11.8 Å². The van der Waals surface area contributed by atoms with Crippen LogP contribution in [0.1, 0.15) is 99.3 Å². The van der Waals surface area contributed by atoms with Crippen LogP contribution in [0.15, 0.2) is 0 Å². The first kappa shape index (κ1) is 32.5. The fraction of sp³-hybridized carbons (Fsp3) is 0.929. The van der Waals surface area contributed by atoms with Crippen molar-refractivity contribution in [1.29, 1.82) is 0 Å². The number of aldehydes is 1. The summed E-state index contributed by atoms with van der Waals surface area (Å²) in [5.74, 6) is 0.654. The highest BCUT2D eigenvalue weighted by atomic mass is 28.4. The number of carbonyl (C=O) groups is 2. The number of hydrogen-bond acceptors (Lipinski definition) is 5. The van der Waals surface area contributed by atoms with Crippen LogP contribution in [0.3, 0.4) is 0 Å². The smallest absolute Gasteiger partial charge is 0.305 e. The Kier molecular flexibility index (Phi) is 12.4. The average molecular weight is 529 g/mol. The van der Waals surface area contributed by atoms with Gasteiger partial charge in [-0.05, 0) is 73.8 Å². The normalized spacial score (nSPS) is 24.0. The van der Waals surface area contributed by atoms with Gasteiger partial charge in [0.05, 0.1) is 19.3 Å². The van der Waals surface area contributed by atoms with Gasteiger partial charge in [0.2, 0.25) is 0 Å². The molecular weight excluding hydrogens is 472 g/mol. The maximum atomic E-state index is 11.4. The van der Waals surface area contributed by atoms with Crippen LogP contribution in [-0.2, 0) is 23.2 Å². The summed E-state index contributed by atoms with van der Waals surface area (Å²) in [7, 11) is -2.43. The zero-order chi connectivity index (χ0) is 27.1. The predicted molar refractivity (Wildman–Crippen MR) is 151 cm³/mol. The van der Waals surface area contributed by atoms with Gasteiger partial charge in [-0.2, -0.15) is 0 Å². The van der Waals surface area contributed by atoms with Gasteiger partial charge in [-0.25, -0.2) is 0 Å². The average Bonchev–Trinajstić information content (AvgIpc) is 3.01. The highest BCUT2D eigenvalue weighted by Gasteiger charge is 2.50. The van der Waals surface area contributed by atoms with E-state index in [1.165, 1.54) is 7.11 Å². The zero-order valence-corrected chi connectivity index (χ0v) is 26.8. The third kappa shape index (κ3) is 9.71. The van der Waals surface area contributed by atoms with Gasteiger partial charge in [-0.15, -0.1) is 0 Å². The van der Waals surface area contributed by atoms with Crippen molar-refractivity contribution < 1.29 is 23.2 Å². The largest absolute Gasteiger partial charge is 0.469 e. The van der Waals surface area contributed by atoms with Gasteiger partial charge in [0.1, 0.15) is 6.29 Å². The first-order valence-electron chi connectivity index (χ1n) is 13.8. The number of carbonyl (C=O) groups excluding carboxylic acids is 2. The van der Waals surface area contributed by atoms with Gasteiger partial charge in [0.25, 0.3) is 0 Å². The third-order valence-electron chi connectivity index (χ3n) is 8.99. The fourth-order valence-corrected chi connectivity index (χ4v) is 7.44. The van der Waals surface area contributed by atoms with E-state index in [9.17, 15) is 9.59 Å². The van der Waals surface area contributed by atoms with Crippen LogP contribution < -0.4 is 0 Å². The van der Waals surface area contributed by atoms with E-state index in [0.29, 0.717) is 24.7 Å². The van der Waals surface area contributed by atoms with E-state index in [2.05, 4.69) is 67.7 Å². The Bertz CT molecular complexity index is 663. The Balaban J connectivity index is 3.06. The lowest BCUT2D eigenvalue weighted by atomic mass is 9.85. The number of rotatable bonds is 14. The Hall–Kier alpha value is -0.506. The first-order valence-corrected chi connectivity index (χ1v) is 19.6. The monoisotopic (exact) mass is 528 g/mol. The molecular formula is C28H56O5Si2. The molecule has 0 saturated heterocycles. The maximum Gasteiger partial charge on any atom is 0.305 e. The minimum Gasteiger partial charge on any atom is -0.469 e. The van der Waals surface area contributed by atoms with Gasteiger partial charge >= 0.3 is 5.97 Å². The van der Waals surface area contributed by atoms with Crippen molar-refractivity contribution in [1.82, 2.24) is 0 Å². The molecule has 0 bridgehead atoms. The fourth-order valence-electron chi connectivity index (χ4n) is 4.68. The van der Waals surface area contributed by atoms with Gasteiger partial charge in [-0.1, -0.05) is 60.8 Å². The summed E-state index contributed by atoms with van der Waals surface area (Å²) in [5.41, 5.74) is 0. The van der Waals surface area contributed by atoms with Crippen LogP contribution in [-0.4, -0.2) is 48.2 Å². The molecule has 0 aromatic heterocycles. The first-order chi connectivity index (χ1) is 16.0. The van der Waals surface area contributed by atoms with Crippen molar-refractivity contribution in [2.24, 2.45) is 11.8 Å². The van der Waals surface area contributed by atoms with Crippen LogP contribution in [0.4, 0.5) is 0 Å². The van der Waals surface area contributed by atoms with Crippen LogP contribution in [0.25, 0.3) is 0 Å². The quantitative estimate of drug-likeness (QED) is 0.0992. The predicted octanol–water partition coefficient (Wildman–Crippen LogP) is 7.90. The van der Waals surface area contributed by atoms with Crippen LogP contribution >= 0.6 is 0 Å². The van der Waals surface area contributed by atoms with Crippen molar-refractivity contribution in [3.05, 3.63) is 0 Å². The molecule has 0 N–H and O–H groups in total. The Morgan fingerprint density at radius 2 is 1.26 bits per heavy atom. The molecule has 2 unspecified atom stereocenters. The summed E-state index contributed by atoms with van der Waals surface area (Å²) in [6.45, 7) is 23.2. The second kappa shape index (κ2) is 13.3. The van der Waals surface area contributed by atoms with Gasteiger partial charge < -0.3 is 18.4 Å². The standard InChI is InChI=1S/C28H56O5Si2/c1-27(2,3)34(8,9)32-24-21-25(33-35(10,11)28(4,5)6)23(18-16-20-29)22(24)17-14-12-13-15-19-26(30)31-7/h20,22-25H,12-19,21H2,1-11H3/t22-,23-,24?,25?/m1/s1. The molecule has 1 aliphatic rings. The highest BCUT2D eigenvalue weighted by molar-refractivity contribution is 6.74. The van der Waals surface area contributed by atoms with Crippen molar-refractivity contribution in [3.8, 4) is 0 Å². The Morgan fingerprint density at radius 3 is 1.69 bits per heavy atom. The van der Waals surface area contributed by atoms with Crippen molar-refractivity contribution >= 4 is 28.9 Å². The summed E-state index contributed by atoms with van der Waals surface area (Å²) in [4.78, 5) is 22.8. The molecule has 0 aliphatic heterocycles. The van der Waals surface area contributed by atoms with E-state index in [4.69, 9.17) is 13.6 Å². The lowest BCUT2D eigenvalue weighted by molar-refractivity contribution is -0.140. The van der Waals surface area contributed by atoms with Crippen LogP contribution in [0.2, 0.25) is 36.3 Å². The minimum absolute atomic E-state index is 0.122. The summed E-state index contributed by atoms with van der Waals surface area (Å²) in [6, 6.07) is 0. The molecule has 0 spiro atoms. The van der Waals surface area contributed by atoms with E-state index in [1.54, 1.807) is 0 Å². The summed E-state index contributed by atoms with van der Waals surface area (Å²) in [5, 5.41) is 0.303. The zero-order valence-electron chi connectivity index (χ0n) is 24.8. The number of ether oxygens (including phenoxy) is 1. The molecule has 5 nitrogen and oxygen atoms in total. The van der Waals surface area contributed by atoms with Gasteiger partial charge in [0.15, 0.2) is 16.6 Å². The molecule has 0 aromatic carbocycles. The lowest BCUT2D eigenvalue weighted by Gasteiger charge is -2.40. The van der Waals surface area contributed by atoms with E-state index >= 15 is 0 Å². The summed E-state index contributed by atoms with van der Waals surface area (Å²) in [6.07, 6.45) is 9.57. The molecule has 1 aliphatic carbocycles. The SMILES string of the molecule is COC(=O)CCCCCC[C@H]1C(O[Si](C)(C)C(C)(C)C)CC(O[Si](C)(C)C(C)(C)C)[C@@H]1CCC=O. The van der Waals surface area contributed by atoms with Crippen molar-refractivity contribution in [2.75, 3.05) is 7.11 Å². The van der Waals surface area contributed by atoms with Crippen molar-refractivity contribution in [3.63, 3.8) is 0 Å². The van der Waals surface area contributed by atoms with Crippen LogP contribution in [0.5, 0.6) is 0 Å².